The van der Waals surface area contributed by atoms with Crippen molar-refractivity contribution in [1.29, 1.82) is 0 Å². The molecule has 0 aliphatic carbocycles. The van der Waals surface area contributed by atoms with E-state index in [1.54, 1.807) is 6.20 Å². The van der Waals surface area contributed by atoms with Crippen molar-refractivity contribution in [2.45, 2.75) is 25.5 Å². The number of nitrogens with one attached hydrogen (secondary N) is 1. The molecule has 5 heteroatoms. The number of ether oxygens (including phenoxy) is 1. The molecule has 1 unspecified atom stereocenters. The molecule has 2 heterocycles. The molecule has 0 saturated carbocycles. The monoisotopic (exact) mass is 301 g/mol. The summed E-state index contributed by atoms with van der Waals surface area (Å²) in [5, 5.41) is 16.9. The molecular weight excluding hydrogens is 278 g/mol. The predicted molar refractivity (Wildman–Crippen MR) is 84.5 cm³/mol. The Kier molecular flexibility index (Phi) is 4.57. The van der Waals surface area contributed by atoms with Crippen molar-refractivity contribution in [2.75, 3.05) is 26.3 Å². The molecule has 1 aromatic carbocycles. The highest BCUT2D eigenvalue weighted by molar-refractivity contribution is 5.23. The van der Waals surface area contributed by atoms with Crippen LogP contribution in [0.25, 0.3) is 0 Å². The molecule has 1 saturated heterocycles. The van der Waals surface area contributed by atoms with Gasteiger partial charge in [-0.3, -0.25) is 10.00 Å². The van der Waals surface area contributed by atoms with E-state index in [0.717, 1.165) is 31.7 Å². The molecule has 2 N–H and O–H groups in total. The molecule has 1 aromatic heterocycles. The summed E-state index contributed by atoms with van der Waals surface area (Å²) in [6.45, 7) is 5.14. The molecule has 118 valence electrons. The van der Waals surface area contributed by atoms with Crippen LogP contribution < -0.4 is 0 Å². The average molecular weight is 301 g/mol. The molecule has 1 atom stereocenters. The lowest BCUT2D eigenvalue weighted by Gasteiger charge is -2.41. The summed E-state index contributed by atoms with van der Waals surface area (Å²) in [4.78, 5) is 2.31. The minimum absolute atomic E-state index is 0.0281. The number of rotatable bonds is 5. The third-order valence-corrected chi connectivity index (χ3v) is 4.21. The summed E-state index contributed by atoms with van der Waals surface area (Å²) in [7, 11) is 0. The molecule has 0 amide bonds. The maximum Gasteiger partial charge on any atom is 0.108 e. The van der Waals surface area contributed by atoms with Gasteiger partial charge in [0.05, 0.1) is 13.2 Å². The number of aromatic nitrogens is 2. The zero-order valence-corrected chi connectivity index (χ0v) is 13.0. The van der Waals surface area contributed by atoms with Crippen molar-refractivity contribution in [1.82, 2.24) is 15.1 Å². The Morgan fingerprint density at radius 3 is 2.82 bits per heavy atom. The van der Waals surface area contributed by atoms with Crippen molar-refractivity contribution >= 4 is 0 Å². The number of H-pyrrole nitrogens is 1. The third kappa shape index (κ3) is 3.55. The highest BCUT2D eigenvalue weighted by Gasteiger charge is 2.36. The molecule has 0 radical (unpaired) electrons. The van der Waals surface area contributed by atoms with Gasteiger partial charge in [-0.05, 0) is 18.6 Å². The molecule has 3 rings (SSSR count). The molecular formula is C17H23N3O2. The number of aliphatic hydroxyl groups is 1. The first kappa shape index (κ1) is 15.2. The van der Waals surface area contributed by atoms with Crippen LogP contribution in [-0.2, 0) is 17.7 Å². The molecule has 0 spiro atoms. The van der Waals surface area contributed by atoms with Crippen molar-refractivity contribution in [3.8, 4) is 0 Å². The Labute approximate surface area is 130 Å². The number of aliphatic hydroxyl groups excluding tert-OH is 1. The molecule has 22 heavy (non-hydrogen) atoms. The fourth-order valence-electron chi connectivity index (χ4n) is 3.01. The maximum absolute atomic E-state index is 9.93. The smallest absolute Gasteiger partial charge is 0.108 e. The van der Waals surface area contributed by atoms with Crippen LogP contribution in [0.4, 0.5) is 0 Å². The zero-order chi connectivity index (χ0) is 15.4. The molecule has 1 fully saturated rings. The summed E-state index contributed by atoms with van der Waals surface area (Å²) in [5.74, 6) is 0. The lowest BCUT2D eigenvalue weighted by molar-refractivity contribution is -0.134. The maximum atomic E-state index is 9.93. The zero-order valence-electron chi connectivity index (χ0n) is 13.0. The standard InChI is InChI=1S/C17H23N3O2/c1-14-2-4-15(5-3-14)10-17(13-21)12-20(8-9-22-17)11-16-6-7-18-19-16/h2-7,21H,8-13H2,1H3,(H,18,19). The summed E-state index contributed by atoms with van der Waals surface area (Å²) in [5.41, 5.74) is 3.01. The van der Waals surface area contributed by atoms with Gasteiger partial charge in [0.25, 0.3) is 0 Å². The van der Waals surface area contributed by atoms with Gasteiger partial charge in [-0.15, -0.1) is 0 Å². The lowest BCUT2D eigenvalue weighted by Crippen LogP contribution is -2.55. The van der Waals surface area contributed by atoms with Gasteiger partial charge >= 0.3 is 0 Å². The second kappa shape index (κ2) is 6.60. The van der Waals surface area contributed by atoms with Gasteiger partial charge in [0.15, 0.2) is 0 Å². The number of hydrogen-bond donors (Lipinski definition) is 2. The Hall–Kier alpha value is -1.69. The average Bonchev–Trinajstić information content (AvgIpc) is 3.03. The van der Waals surface area contributed by atoms with Crippen molar-refractivity contribution in [2.24, 2.45) is 0 Å². The number of morpholine rings is 1. The van der Waals surface area contributed by atoms with Crippen LogP contribution in [0.2, 0.25) is 0 Å². The van der Waals surface area contributed by atoms with E-state index in [2.05, 4.69) is 46.3 Å². The van der Waals surface area contributed by atoms with E-state index < -0.39 is 5.60 Å². The van der Waals surface area contributed by atoms with Crippen LogP contribution >= 0.6 is 0 Å². The molecule has 1 aliphatic heterocycles. The first-order valence-corrected chi connectivity index (χ1v) is 7.70. The molecule has 2 aromatic rings. The van der Waals surface area contributed by atoms with E-state index >= 15 is 0 Å². The molecule has 0 bridgehead atoms. The summed E-state index contributed by atoms with van der Waals surface area (Å²) in [6.07, 6.45) is 2.49. The lowest BCUT2D eigenvalue weighted by atomic mass is 9.92. The van der Waals surface area contributed by atoms with Gasteiger partial charge < -0.3 is 9.84 Å². The Balaban J connectivity index is 1.69. The third-order valence-electron chi connectivity index (χ3n) is 4.21. The van der Waals surface area contributed by atoms with E-state index in [1.165, 1.54) is 11.1 Å². The Bertz CT molecular complexity index is 582. The van der Waals surface area contributed by atoms with Crippen molar-refractivity contribution in [3.63, 3.8) is 0 Å². The van der Waals surface area contributed by atoms with Gasteiger partial charge in [-0.2, -0.15) is 5.10 Å². The van der Waals surface area contributed by atoms with Crippen molar-refractivity contribution < 1.29 is 9.84 Å². The highest BCUT2D eigenvalue weighted by atomic mass is 16.5. The van der Waals surface area contributed by atoms with E-state index in [1.807, 2.05) is 6.07 Å². The second-order valence-corrected chi connectivity index (χ2v) is 6.14. The fourth-order valence-corrected chi connectivity index (χ4v) is 3.01. The topological polar surface area (TPSA) is 61.4 Å². The minimum atomic E-state index is -0.520. The van der Waals surface area contributed by atoms with Gasteiger partial charge in [-0.1, -0.05) is 29.8 Å². The van der Waals surface area contributed by atoms with Crippen LogP contribution in [0.3, 0.4) is 0 Å². The van der Waals surface area contributed by atoms with Crippen LogP contribution in [0.1, 0.15) is 16.8 Å². The van der Waals surface area contributed by atoms with Gasteiger partial charge in [0.1, 0.15) is 5.60 Å². The number of hydrogen-bond acceptors (Lipinski definition) is 4. The first-order valence-electron chi connectivity index (χ1n) is 7.70. The van der Waals surface area contributed by atoms with Gasteiger partial charge in [-0.25, -0.2) is 0 Å². The summed E-state index contributed by atoms with van der Waals surface area (Å²) >= 11 is 0. The van der Waals surface area contributed by atoms with E-state index in [-0.39, 0.29) is 6.61 Å². The summed E-state index contributed by atoms with van der Waals surface area (Å²) < 4.78 is 5.98. The predicted octanol–water partition coefficient (Wildman–Crippen LogP) is 1.52. The first-order chi connectivity index (χ1) is 10.7. The van der Waals surface area contributed by atoms with Crippen LogP contribution in [0.5, 0.6) is 0 Å². The minimum Gasteiger partial charge on any atom is -0.393 e. The Morgan fingerprint density at radius 2 is 2.14 bits per heavy atom. The quantitative estimate of drug-likeness (QED) is 0.879. The number of aryl methyl sites for hydroxylation is 1. The normalized spacial score (nSPS) is 22.8. The number of aromatic amines is 1. The van der Waals surface area contributed by atoms with E-state index in [9.17, 15) is 5.11 Å². The largest absolute Gasteiger partial charge is 0.393 e. The van der Waals surface area contributed by atoms with Gasteiger partial charge in [0, 0.05) is 37.9 Å². The molecule has 1 aliphatic rings. The van der Waals surface area contributed by atoms with Crippen LogP contribution in [0.15, 0.2) is 36.5 Å². The number of benzene rings is 1. The van der Waals surface area contributed by atoms with Crippen LogP contribution in [0, 0.1) is 6.92 Å². The fraction of sp³-hybridized carbons (Fsp3) is 0.471. The Morgan fingerprint density at radius 1 is 1.32 bits per heavy atom. The SMILES string of the molecule is Cc1ccc(CC2(CO)CN(Cc3ccn[nH]3)CCO2)cc1. The second-order valence-electron chi connectivity index (χ2n) is 6.14. The van der Waals surface area contributed by atoms with Crippen molar-refractivity contribution in [3.05, 3.63) is 53.3 Å². The number of nitrogens with zero attached hydrogens (tertiary/aromatic N) is 2. The summed E-state index contributed by atoms with van der Waals surface area (Å²) in [6, 6.07) is 10.4. The van der Waals surface area contributed by atoms with Gasteiger partial charge in [0.2, 0.25) is 0 Å². The highest BCUT2D eigenvalue weighted by Crippen LogP contribution is 2.24. The van der Waals surface area contributed by atoms with E-state index in [4.69, 9.17) is 4.74 Å². The van der Waals surface area contributed by atoms with E-state index in [0.29, 0.717) is 6.61 Å². The molecule has 5 nitrogen and oxygen atoms in total. The van der Waals surface area contributed by atoms with Crippen LogP contribution in [-0.4, -0.2) is 52.1 Å².